The predicted molar refractivity (Wildman–Crippen MR) is 123 cm³/mol. The number of hydrogen-bond acceptors (Lipinski definition) is 5. The lowest BCUT2D eigenvalue weighted by atomic mass is 10.1. The van der Waals surface area contributed by atoms with Crippen molar-refractivity contribution in [3.63, 3.8) is 0 Å². The van der Waals surface area contributed by atoms with Crippen LogP contribution in [0.3, 0.4) is 0 Å². The van der Waals surface area contributed by atoms with E-state index in [1.54, 1.807) is 0 Å². The molecule has 1 unspecified atom stereocenters. The van der Waals surface area contributed by atoms with Crippen LogP contribution < -0.4 is 4.74 Å². The van der Waals surface area contributed by atoms with Gasteiger partial charge in [-0.05, 0) is 70.3 Å². The van der Waals surface area contributed by atoms with Crippen LogP contribution >= 0.6 is 0 Å². The molecule has 0 amide bonds. The molecule has 6 heteroatoms. The molecule has 1 atom stereocenters. The Kier molecular flexibility index (Phi) is 7.31. The Morgan fingerprint density at radius 2 is 1.81 bits per heavy atom. The normalized spacial score (nSPS) is 18.5. The average Bonchev–Trinajstić information content (AvgIpc) is 3.58. The van der Waals surface area contributed by atoms with E-state index in [9.17, 15) is 5.11 Å². The molecule has 2 aliphatic rings. The lowest BCUT2D eigenvalue weighted by Crippen LogP contribution is -2.38. The van der Waals surface area contributed by atoms with E-state index in [-0.39, 0.29) is 0 Å². The number of piperidine rings is 1. The van der Waals surface area contributed by atoms with Crippen molar-refractivity contribution in [1.82, 2.24) is 19.6 Å². The number of rotatable bonds is 10. The highest BCUT2D eigenvalue weighted by atomic mass is 16.5. The van der Waals surface area contributed by atoms with Crippen LogP contribution in [0.1, 0.15) is 54.6 Å². The molecule has 1 saturated carbocycles. The molecule has 0 bridgehead atoms. The number of β-amino-alcohol motifs (C(OH)–C–C–N with tert-alkyl or cyclic N) is 1. The molecular formula is C25H38N4O2. The number of aryl methyl sites for hydroxylation is 2. The molecule has 1 aromatic heterocycles. The van der Waals surface area contributed by atoms with Gasteiger partial charge in [0.2, 0.25) is 0 Å². The van der Waals surface area contributed by atoms with E-state index in [1.165, 1.54) is 48.9 Å². The molecule has 170 valence electrons. The molecule has 1 aliphatic carbocycles. The van der Waals surface area contributed by atoms with Crippen LogP contribution in [-0.2, 0) is 20.1 Å². The van der Waals surface area contributed by atoms with E-state index in [0.29, 0.717) is 19.2 Å². The molecule has 2 heterocycles. The zero-order valence-corrected chi connectivity index (χ0v) is 19.4. The van der Waals surface area contributed by atoms with Crippen LogP contribution in [0.4, 0.5) is 0 Å². The number of benzene rings is 1. The average molecular weight is 427 g/mol. The largest absolute Gasteiger partial charge is 0.491 e. The molecule has 0 radical (unpaired) electrons. The van der Waals surface area contributed by atoms with Gasteiger partial charge < -0.3 is 14.7 Å². The monoisotopic (exact) mass is 426 g/mol. The second-order valence-corrected chi connectivity index (χ2v) is 9.38. The fourth-order valence-corrected chi connectivity index (χ4v) is 4.61. The molecule has 2 fully saturated rings. The highest BCUT2D eigenvalue weighted by Gasteiger charge is 2.30. The fraction of sp³-hybridized carbons (Fsp3) is 0.640. The zero-order chi connectivity index (χ0) is 21.8. The van der Waals surface area contributed by atoms with Gasteiger partial charge in [-0.1, -0.05) is 18.6 Å². The van der Waals surface area contributed by atoms with Crippen LogP contribution in [-0.4, -0.2) is 63.1 Å². The van der Waals surface area contributed by atoms with Gasteiger partial charge >= 0.3 is 0 Å². The van der Waals surface area contributed by atoms with Crippen molar-refractivity contribution in [1.29, 1.82) is 0 Å². The number of nitrogens with zero attached hydrogens (tertiary/aromatic N) is 4. The SMILES string of the molecule is Cc1nn(C)c(C)c1CN(Cc1ccc(OCC(O)CN2CCCCC2)cc1)C1CC1. The number of likely N-dealkylation sites (tertiary alicyclic amines) is 1. The Balaban J connectivity index is 1.28. The van der Waals surface area contributed by atoms with E-state index in [4.69, 9.17) is 4.74 Å². The maximum absolute atomic E-state index is 10.3. The number of aliphatic hydroxyl groups excluding tert-OH is 1. The van der Waals surface area contributed by atoms with Gasteiger partial charge in [-0.2, -0.15) is 5.10 Å². The van der Waals surface area contributed by atoms with E-state index in [1.807, 2.05) is 23.9 Å². The van der Waals surface area contributed by atoms with Gasteiger partial charge in [-0.3, -0.25) is 9.58 Å². The maximum Gasteiger partial charge on any atom is 0.119 e. The Hall–Kier alpha value is -1.89. The van der Waals surface area contributed by atoms with Crippen molar-refractivity contribution in [3.8, 4) is 5.75 Å². The summed E-state index contributed by atoms with van der Waals surface area (Å²) in [6, 6.07) is 9.07. The minimum atomic E-state index is -0.436. The van der Waals surface area contributed by atoms with Gasteiger partial charge in [0.25, 0.3) is 0 Å². The summed E-state index contributed by atoms with van der Waals surface area (Å²) in [5.41, 5.74) is 5.05. The number of aliphatic hydroxyl groups is 1. The van der Waals surface area contributed by atoms with E-state index >= 15 is 0 Å². The number of hydrogen-bond donors (Lipinski definition) is 1. The quantitative estimate of drug-likeness (QED) is 0.631. The molecule has 6 nitrogen and oxygen atoms in total. The third-order valence-corrected chi connectivity index (χ3v) is 6.75. The Labute approximate surface area is 186 Å². The van der Waals surface area contributed by atoms with E-state index in [2.05, 4.69) is 40.9 Å². The first-order valence-electron chi connectivity index (χ1n) is 11.8. The number of ether oxygens (including phenoxy) is 1. The molecule has 1 saturated heterocycles. The van der Waals surface area contributed by atoms with Crippen LogP contribution in [0.15, 0.2) is 24.3 Å². The van der Waals surface area contributed by atoms with Gasteiger partial charge in [0, 0.05) is 44.0 Å². The summed E-state index contributed by atoms with van der Waals surface area (Å²) in [7, 11) is 2.02. The minimum Gasteiger partial charge on any atom is -0.491 e. The summed E-state index contributed by atoms with van der Waals surface area (Å²) in [5.74, 6) is 0.832. The van der Waals surface area contributed by atoms with Gasteiger partial charge in [0.1, 0.15) is 18.5 Å². The first-order chi connectivity index (χ1) is 15.0. The Morgan fingerprint density at radius 1 is 1.10 bits per heavy atom. The summed E-state index contributed by atoms with van der Waals surface area (Å²) in [6.07, 6.45) is 5.94. The first kappa shape index (κ1) is 22.3. The van der Waals surface area contributed by atoms with Crippen LogP contribution in [0.5, 0.6) is 5.75 Å². The van der Waals surface area contributed by atoms with Crippen molar-refractivity contribution < 1.29 is 9.84 Å². The highest BCUT2D eigenvalue weighted by molar-refractivity contribution is 5.28. The van der Waals surface area contributed by atoms with Crippen molar-refractivity contribution in [3.05, 3.63) is 46.8 Å². The van der Waals surface area contributed by atoms with Gasteiger partial charge in [-0.15, -0.1) is 0 Å². The zero-order valence-electron chi connectivity index (χ0n) is 19.4. The van der Waals surface area contributed by atoms with Gasteiger partial charge in [-0.25, -0.2) is 0 Å². The summed E-state index contributed by atoms with van der Waals surface area (Å²) >= 11 is 0. The van der Waals surface area contributed by atoms with Crippen molar-refractivity contribution in [2.45, 2.75) is 71.2 Å². The van der Waals surface area contributed by atoms with E-state index < -0.39 is 6.10 Å². The highest BCUT2D eigenvalue weighted by Crippen LogP contribution is 2.31. The molecule has 1 aliphatic heterocycles. The molecule has 1 aromatic carbocycles. The van der Waals surface area contributed by atoms with E-state index in [0.717, 1.165) is 37.6 Å². The molecule has 31 heavy (non-hydrogen) atoms. The van der Waals surface area contributed by atoms with Gasteiger partial charge in [0.15, 0.2) is 0 Å². The topological polar surface area (TPSA) is 53.8 Å². The lowest BCUT2D eigenvalue weighted by molar-refractivity contribution is 0.0617. The molecule has 1 N–H and O–H groups in total. The van der Waals surface area contributed by atoms with Gasteiger partial charge in [0.05, 0.1) is 5.69 Å². The summed E-state index contributed by atoms with van der Waals surface area (Å²) in [5, 5.41) is 14.9. The smallest absolute Gasteiger partial charge is 0.119 e. The molecule has 0 spiro atoms. The Bertz CT molecular complexity index is 838. The Morgan fingerprint density at radius 3 is 2.42 bits per heavy atom. The lowest BCUT2D eigenvalue weighted by Gasteiger charge is -2.28. The van der Waals surface area contributed by atoms with Crippen molar-refractivity contribution in [2.75, 3.05) is 26.2 Å². The molecule has 2 aromatic rings. The molecular weight excluding hydrogens is 388 g/mol. The standard InChI is InChI=1S/C25H38N4O2/c1-19-25(20(2)27(3)26-19)17-29(22-9-10-22)15-21-7-11-24(12-8-21)31-18-23(30)16-28-13-5-4-6-14-28/h7-8,11-12,22-23,30H,4-6,9-10,13-18H2,1-3H3. The fourth-order valence-electron chi connectivity index (χ4n) is 4.61. The second-order valence-electron chi connectivity index (χ2n) is 9.38. The van der Waals surface area contributed by atoms with Crippen molar-refractivity contribution in [2.24, 2.45) is 7.05 Å². The van der Waals surface area contributed by atoms with Crippen LogP contribution in [0, 0.1) is 13.8 Å². The van der Waals surface area contributed by atoms with Crippen molar-refractivity contribution >= 4 is 0 Å². The molecule has 4 rings (SSSR count). The van der Waals surface area contributed by atoms with Crippen LogP contribution in [0.2, 0.25) is 0 Å². The first-order valence-corrected chi connectivity index (χ1v) is 11.8. The maximum atomic E-state index is 10.3. The summed E-state index contributed by atoms with van der Waals surface area (Å²) in [4.78, 5) is 4.92. The third-order valence-electron chi connectivity index (χ3n) is 6.75. The number of aromatic nitrogens is 2. The summed E-state index contributed by atoms with van der Waals surface area (Å²) < 4.78 is 7.85. The van der Waals surface area contributed by atoms with Crippen LogP contribution in [0.25, 0.3) is 0 Å². The predicted octanol–water partition coefficient (Wildman–Crippen LogP) is 3.43. The second kappa shape index (κ2) is 10.2. The summed E-state index contributed by atoms with van der Waals surface area (Å²) in [6.45, 7) is 9.42. The minimum absolute atomic E-state index is 0.351. The third kappa shape index (κ3) is 6.09.